The third kappa shape index (κ3) is 2.07. The molecule has 0 aromatic rings. The summed E-state index contributed by atoms with van der Waals surface area (Å²) in [6.07, 6.45) is 5.58. The lowest BCUT2D eigenvalue weighted by molar-refractivity contribution is -0.131. The first-order valence-corrected chi connectivity index (χ1v) is 6.44. The fraction of sp³-hybridized carbons (Fsp3) is 1.00. The first kappa shape index (κ1) is 11.4. The average molecular weight is 212 g/mol. The van der Waals surface area contributed by atoms with E-state index in [0.717, 1.165) is 32.5 Å². The number of hydrogen-bond donors (Lipinski definition) is 1. The van der Waals surface area contributed by atoms with Gasteiger partial charge in [0.15, 0.2) is 0 Å². The topological polar surface area (TPSA) is 29.5 Å². The Morgan fingerprint density at radius 3 is 2.47 bits per heavy atom. The molecule has 2 aliphatic rings. The second-order valence-electron chi connectivity index (χ2n) is 5.54. The molecule has 0 aromatic heterocycles. The smallest absolute Gasteiger partial charge is 0.0705 e. The van der Waals surface area contributed by atoms with Crippen molar-refractivity contribution in [1.29, 1.82) is 0 Å². The summed E-state index contributed by atoms with van der Waals surface area (Å²) in [6.45, 7) is 6.20. The van der Waals surface area contributed by atoms with Crippen molar-refractivity contribution in [3.05, 3.63) is 0 Å². The summed E-state index contributed by atoms with van der Waals surface area (Å²) in [4.78, 5) is 0. The van der Waals surface area contributed by atoms with E-state index < -0.39 is 5.60 Å². The van der Waals surface area contributed by atoms with Crippen LogP contribution in [0.3, 0.4) is 0 Å². The molecule has 1 aliphatic carbocycles. The highest BCUT2D eigenvalue weighted by atomic mass is 16.5. The zero-order valence-electron chi connectivity index (χ0n) is 10.0. The molecule has 0 radical (unpaired) electrons. The van der Waals surface area contributed by atoms with Crippen LogP contribution in [-0.4, -0.2) is 23.9 Å². The van der Waals surface area contributed by atoms with Gasteiger partial charge in [0.2, 0.25) is 0 Å². The Morgan fingerprint density at radius 1 is 1.13 bits per heavy atom. The van der Waals surface area contributed by atoms with Crippen LogP contribution in [0.4, 0.5) is 0 Å². The summed E-state index contributed by atoms with van der Waals surface area (Å²) in [5.74, 6) is 1.60. The Hall–Kier alpha value is -0.0800. The van der Waals surface area contributed by atoms with Crippen LogP contribution in [0.1, 0.15) is 46.0 Å². The largest absolute Gasteiger partial charge is 0.389 e. The molecule has 0 amide bonds. The summed E-state index contributed by atoms with van der Waals surface area (Å²) in [7, 11) is 0. The summed E-state index contributed by atoms with van der Waals surface area (Å²) >= 11 is 0. The van der Waals surface area contributed by atoms with Crippen LogP contribution in [0, 0.1) is 17.8 Å². The molecule has 15 heavy (non-hydrogen) atoms. The Morgan fingerprint density at radius 2 is 1.80 bits per heavy atom. The Labute approximate surface area is 93.0 Å². The first-order valence-electron chi connectivity index (χ1n) is 6.44. The predicted molar refractivity (Wildman–Crippen MR) is 60.7 cm³/mol. The van der Waals surface area contributed by atoms with Crippen molar-refractivity contribution in [3.8, 4) is 0 Å². The third-order valence-electron chi connectivity index (χ3n) is 4.81. The van der Waals surface area contributed by atoms with Crippen molar-refractivity contribution in [1.82, 2.24) is 0 Å². The predicted octanol–water partition coefficient (Wildman–Crippen LogP) is 2.60. The van der Waals surface area contributed by atoms with E-state index in [9.17, 15) is 5.11 Å². The lowest BCUT2D eigenvalue weighted by Gasteiger charge is -2.48. The molecule has 0 bridgehead atoms. The van der Waals surface area contributed by atoms with Crippen LogP contribution in [0.2, 0.25) is 0 Å². The minimum Gasteiger partial charge on any atom is -0.389 e. The molecule has 2 nitrogen and oxygen atoms in total. The molecule has 0 spiro atoms. The fourth-order valence-corrected chi connectivity index (χ4v) is 3.45. The van der Waals surface area contributed by atoms with Crippen molar-refractivity contribution < 1.29 is 9.84 Å². The molecule has 2 heteroatoms. The minimum atomic E-state index is -0.401. The first-order chi connectivity index (χ1) is 7.14. The van der Waals surface area contributed by atoms with E-state index in [2.05, 4.69) is 13.8 Å². The normalized spacial score (nSPS) is 44.2. The van der Waals surface area contributed by atoms with Gasteiger partial charge in [-0.2, -0.15) is 0 Å². The van der Waals surface area contributed by atoms with E-state index in [1.807, 2.05) is 0 Å². The summed E-state index contributed by atoms with van der Waals surface area (Å²) < 4.78 is 5.39. The SMILES string of the molecule is CC1CCCC(O)(C2CCOCC2)C1C. The van der Waals surface area contributed by atoms with Crippen LogP contribution in [0.25, 0.3) is 0 Å². The lowest BCUT2D eigenvalue weighted by atomic mass is 9.63. The van der Waals surface area contributed by atoms with E-state index in [-0.39, 0.29) is 0 Å². The molecule has 3 atom stereocenters. The molecule has 88 valence electrons. The maximum Gasteiger partial charge on any atom is 0.0705 e. The lowest BCUT2D eigenvalue weighted by Crippen LogP contribution is -2.50. The van der Waals surface area contributed by atoms with Gasteiger partial charge >= 0.3 is 0 Å². The molecule has 2 rings (SSSR count). The number of hydrogen-bond acceptors (Lipinski definition) is 2. The van der Waals surface area contributed by atoms with E-state index in [0.29, 0.717) is 17.8 Å². The highest BCUT2D eigenvalue weighted by molar-refractivity contribution is 4.96. The van der Waals surface area contributed by atoms with Crippen molar-refractivity contribution in [2.75, 3.05) is 13.2 Å². The van der Waals surface area contributed by atoms with Gasteiger partial charge in [-0.1, -0.05) is 26.7 Å². The quantitative estimate of drug-likeness (QED) is 0.724. The highest BCUT2D eigenvalue weighted by Gasteiger charge is 2.45. The molecular formula is C13H24O2. The van der Waals surface area contributed by atoms with Crippen LogP contribution >= 0.6 is 0 Å². The fourth-order valence-electron chi connectivity index (χ4n) is 3.45. The van der Waals surface area contributed by atoms with Gasteiger partial charge in [-0.3, -0.25) is 0 Å². The maximum absolute atomic E-state index is 10.9. The molecule has 0 aromatic carbocycles. The molecule has 1 N–H and O–H groups in total. The van der Waals surface area contributed by atoms with Crippen LogP contribution in [0.5, 0.6) is 0 Å². The third-order valence-corrected chi connectivity index (χ3v) is 4.81. The average Bonchev–Trinajstić information content (AvgIpc) is 2.27. The minimum absolute atomic E-state index is 0.401. The Kier molecular flexibility index (Phi) is 3.36. The molecular weight excluding hydrogens is 188 g/mol. The number of aliphatic hydroxyl groups is 1. The van der Waals surface area contributed by atoms with Gasteiger partial charge in [0.25, 0.3) is 0 Å². The molecule has 1 aliphatic heterocycles. The van der Waals surface area contributed by atoms with Crippen molar-refractivity contribution in [2.24, 2.45) is 17.8 Å². The van der Waals surface area contributed by atoms with Crippen LogP contribution in [0.15, 0.2) is 0 Å². The van der Waals surface area contributed by atoms with Gasteiger partial charge in [-0.05, 0) is 37.0 Å². The van der Waals surface area contributed by atoms with Gasteiger partial charge in [0.05, 0.1) is 5.60 Å². The van der Waals surface area contributed by atoms with E-state index in [1.54, 1.807) is 0 Å². The van der Waals surface area contributed by atoms with Crippen molar-refractivity contribution in [3.63, 3.8) is 0 Å². The zero-order valence-corrected chi connectivity index (χ0v) is 10.0. The maximum atomic E-state index is 10.9. The second kappa shape index (κ2) is 4.42. The standard InChI is InChI=1S/C13H24O2/c1-10-4-3-7-13(14,11(10)2)12-5-8-15-9-6-12/h10-12,14H,3-9H2,1-2H3. The van der Waals surface area contributed by atoms with Gasteiger partial charge < -0.3 is 9.84 Å². The van der Waals surface area contributed by atoms with Crippen molar-refractivity contribution >= 4 is 0 Å². The van der Waals surface area contributed by atoms with Gasteiger partial charge in [-0.25, -0.2) is 0 Å². The summed E-state index contributed by atoms with van der Waals surface area (Å²) in [6, 6.07) is 0. The monoisotopic (exact) mass is 212 g/mol. The molecule has 2 fully saturated rings. The van der Waals surface area contributed by atoms with E-state index in [4.69, 9.17) is 4.74 Å². The number of rotatable bonds is 1. The van der Waals surface area contributed by atoms with E-state index in [1.165, 1.54) is 12.8 Å². The highest BCUT2D eigenvalue weighted by Crippen LogP contribution is 2.45. The molecule has 1 saturated carbocycles. The van der Waals surface area contributed by atoms with Crippen LogP contribution < -0.4 is 0 Å². The van der Waals surface area contributed by atoms with E-state index >= 15 is 0 Å². The summed E-state index contributed by atoms with van der Waals surface area (Å²) in [5.41, 5.74) is -0.401. The van der Waals surface area contributed by atoms with Gasteiger partial charge in [0, 0.05) is 13.2 Å². The van der Waals surface area contributed by atoms with Gasteiger partial charge in [0.1, 0.15) is 0 Å². The second-order valence-corrected chi connectivity index (χ2v) is 5.54. The Balaban J connectivity index is 2.08. The Bertz CT molecular complexity index is 211. The zero-order chi connectivity index (χ0) is 10.9. The molecule has 3 unspecified atom stereocenters. The molecule has 1 heterocycles. The summed E-state index contributed by atoms with van der Waals surface area (Å²) in [5, 5.41) is 10.9. The van der Waals surface area contributed by atoms with Crippen LogP contribution in [-0.2, 0) is 4.74 Å². The van der Waals surface area contributed by atoms with Crippen molar-refractivity contribution in [2.45, 2.75) is 51.6 Å². The van der Waals surface area contributed by atoms with Gasteiger partial charge in [-0.15, -0.1) is 0 Å². The molecule has 1 saturated heterocycles. The number of ether oxygens (including phenoxy) is 1.